The lowest BCUT2D eigenvalue weighted by Crippen LogP contribution is -2.38. The smallest absolute Gasteiger partial charge is 0.0236 e. The Labute approximate surface area is 130 Å². The molecule has 0 radical (unpaired) electrons. The summed E-state index contributed by atoms with van der Waals surface area (Å²) in [6, 6.07) is 8.99. The summed E-state index contributed by atoms with van der Waals surface area (Å²) in [5.41, 5.74) is 3.05. The van der Waals surface area contributed by atoms with E-state index in [2.05, 4.69) is 55.3 Å². The standard InChI is InChI=1S/C19H32N2/c1-4-10-20-11-9-18-7-5-6-8-19(18)15-21-13-16(2)12-17(3)14-21/h5-8,16-17,20H,4,9-15H2,1-3H3. The first kappa shape index (κ1) is 16.5. The normalized spacial score (nSPS) is 23.4. The summed E-state index contributed by atoms with van der Waals surface area (Å²) in [6.45, 7) is 12.9. The Morgan fingerprint density at radius 2 is 1.71 bits per heavy atom. The predicted molar refractivity (Wildman–Crippen MR) is 91.5 cm³/mol. The van der Waals surface area contributed by atoms with Gasteiger partial charge < -0.3 is 5.32 Å². The molecule has 0 saturated carbocycles. The van der Waals surface area contributed by atoms with E-state index >= 15 is 0 Å². The maximum atomic E-state index is 3.51. The first-order chi connectivity index (χ1) is 10.2. The molecule has 1 N–H and O–H groups in total. The summed E-state index contributed by atoms with van der Waals surface area (Å²) >= 11 is 0. The van der Waals surface area contributed by atoms with Gasteiger partial charge >= 0.3 is 0 Å². The highest BCUT2D eigenvalue weighted by atomic mass is 15.1. The Bertz CT molecular complexity index is 406. The van der Waals surface area contributed by atoms with Gasteiger partial charge in [0.15, 0.2) is 0 Å². The van der Waals surface area contributed by atoms with E-state index in [1.165, 1.54) is 37.1 Å². The molecular formula is C19H32N2. The number of hydrogen-bond acceptors (Lipinski definition) is 2. The highest BCUT2D eigenvalue weighted by molar-refractivity contribution is 5.27. The second-order valence-corrected chi connectivity index (χ2v) is 6.91. The van der Waals surface area contributed by atoms with E-state index in [0.29, 0.717) is 0 Å². The maximum absolute atomic E-state index is 3.51. The molecule has 2 nitrogen and oxygen atoms in total. The van der Waals surface area contributed by atoms with E-state index in [0.717, 1.165) is 37.9 Å². The van der Waals surface area contributed by atoms with Gasteiger partial charge in [-0.25, -0.2) is 0 Å². The van der Waals surface area contributed by atoms with Gasteiger partial charge in [0.1, 0.15) is 0 Å². The Balaban J connectivity index is 1.92. The van der Waals surface area contributed by atoms with Crippen LogP contribution in [0.1, 0.15) is 44.7 Å². The average molecular weight is 288 g/mol. The molecule has 0 amide bonds. The number of nitrogens with one attached hydrogen (secondary N) is 1. The van der Waals surface area contributed by atoms with E-state index < -0.39 is 0 Å². The van der Waals surface area contributed by atoms with Gasteiger partial charge in [0, 0.05) is 19.6 Å². The van der Waals surface area contributed by atoms with Gasteiger partial charge in [-0.3, -0.25) is 4.90 Å². The molecule has 21 heavy (non-hydrogen) atoms. The molecule has 0 spiro atoms. The molecule has 2 rings (SSSR count). The van der Waals surface area contributed by atoms with Crippen LogP contribution in [0.4, 0.5) is 0 Å². The minimum absolute atomic E-state index is 0.840. The number of likely N-dealkylation sites (tertiary alicyclic amines) is 1. The molecule has 1 aromatic rings. The fraction of sp³-hybridized carbons (Fsp3) is 0.684. The van der Waals surface area contributed by atoms with Crippen LogP contribution < -0.4 is 5.32 Å². The molecule has 2 atom stereocenters. The van der Waals surface area contributed by atoms with Crippen molar-refractivity contribution in [2.75, 3.05) is 26.2 Å². The molecule has 1 aliphatic heterocycles. The molecular weight excluding hydrogens is 256 g/mol. The molecule has 118 valence electrons. The third-order valence-electron chi connectivity index (χ3n) is 4.45. The van der Waals surface area contributed by atoms with Crippen LogP contribution in [0.5, 0.6) is 0 Å². The maximum Gasteiger partial charge on any atom is 0.0236 e. The number of rotatable bonds is 7. The van der Waals surface area contributed by atoms with Crippen molar-refractivity contribution in [3.05, 3.63) is 35.4 Å². The van der Waals surface area contributed by atoms with Crippen molar-refractivity contribution in [2.45, 2.75) is 46.6 Å². The van der Waals surface area contributed by atoms with Gasteiger partial charge in [-0.15, -0.1) is 0 Å². The van der Waals surface area contributed by atoms with Gasteiger partial charge in [-0.2, -0.15) is 0 Å². The summed E-state index contributed by atoms with van der Waals surface area (Å²) < 4.78 is 0. The van der Waals surface area contributed by atoms with Crippen molar-refractivity contribution in [3.8, 4) is 0 Å². The van der Waals surface area contributed by atoms with Gasteiger partial charge in [-0.05, 0) is 55.3 Å². The van der Waals surface area contributed by atoms with Crippen LogP contribution in [0.15, 0.2) is 24.3 Å². The van der Waals surface area contributed by atoms with E-state index in [1.54, 1.807) is 0 Å². The van der Waals surface area contributed by atoms with Gasteiger partial charge in [-0.1, -0.05) is 45.0 Å². The molecule has 0 aliphatic carbocycles. The van der Waals surface area contributed by atoms with Crippen molar-refractivity contribution >= 4 is 0 Å². The molecule has 1 fully saturated rings. The lowest BCUT2D eigenvalue weighted by Gasteiger charge is -2.35. The Hall–Kier alpha value is -0.860. The molecule has 1 aliphatic rings. The first-order valence-corrected chi connectivity index (χ1v) is 8.69. The van der Waals surface area contributed by atoms with Crippen LogP contribution in [-0.4, -0.2) is 31.1 Å². The van der Waals surface area contributed by atoms with E-state index in [9.17, 15) is 0 Å². The number of benzene rings is 1. The highest BCUT2D eigenvalue weighted by Gasteiger charge is 2.22. The summed E-state index contributed by atoms with van der Waals surface area (Å²) in [6.07, 6.45) is 3.75. The van der Waals surface area contributed by atoms with Crippen LogP contribution in [0.2, 0.25) is 0 Å². The fourth-order valence-electron chi connectivity index (χ4n) is 3.64. The molecule has 2 heteroatoms. The largest absolute Gasteiger partial charge is 0.316 e. The van der Waals surface area contributed by atoms with Gasteiger partial charge in [0.05, 0.1) is 0 Å². The van der Waals surface area contributed by atoms with Crippen LogP contribution in [-0.2, 0) is 13.0 Å². The minimum atomic E-state index is 0.840. The summed E-state index contributed by atoms with van der Waals surface area (Å²) in [5.74, 6) is 1.68. The fourth-order valence-corrected chi connectivity index (χ4v) is 3.64. The van der Waals surface area contributed by atoms with Crippen molar-refractivity contribution in [2.24, 2.45) is 11.8 Å². The topological polar surface area (TPSA) is 15.3 Å². The Kier molecular flexibility index (Phi) is 6.72. The number of hydrogen-bond donors (Lipinski definition) is 1. The minimum Gasteiger partial charge on any atom is -0.316 e. The summed E-state index contributed by atoms with van der Waals surface area (Å²) in [7, 11) is 0. The van der Waals surface area contributed by atoms with Crippen LogP contribution in [0.3, 0.4) is 0 Å². The summed E-state index contributed by atoms with van der Waals surface area (Å²) in [5, 5.41) is 3.51. The average Bonchev–Trinajstić information content (AvgIpc) is 2.44. The predicted octanol–water partition coefficient (Wildman–Crippen LogP) is 3.71. The third kappa shape index (κ3) is 5.44. The monoisotopic (exact) mass is 288 g/mol. The molecule has 0 bridgehead atoms. The van der Waals surface area contributed by atoms with E-state index in [4.69, 9.17) is 0 Å². The third-order valence-corrected chi connectivity index (χ3v) is 4.45. The molecule has 1 saturated heterocycles. The summed E-state index contributed by atoms with van der Waals surface area (Å²) in [4.78, 5) is 2.65. The Morgan fingerprint density at radius 1 is 1.05 bits per heavy atom. The van der Waals surface area contributed by atoms with Crippen molar-refractivity contribution in [1.29, 1.82) is 0 Å². The number of nitrogens with zero attached hydrogens (tertiary/aromatic N) is 1. The van der Waals surface area contributed by atoms with Crippen LogP contribution >= 0.6 is 0 Å². The van der Waals surface area contributed by atoms with Gasteiger partial charge in [0.2, 0.25) is 0 Å². The van der Waals surface area contributed by atoms with Crippen molar-refractivity contribution in [3.63, 3.8) is 0 Å². The first-order valence-electron chi connectivity index (χ1n) is 8.69. The van der Waals surface area contributed by atoms with E-state index in [-0.39, 0.29) is 0 Å². The van der Waals surface area contributed by atoms with Gasteiger partial charge in [0.25, 0.3) is 0 Å². The molecule has 1 heterocycles. The zero-order valence-electron chi connectivity index (χ0n) is 14.1. The second-order valence-electron chi connectivity index (χ2n) is 6.91. The number of piperidine rings is 1. The quantitative estimate of drug-likeness (QED) is 0.770. The van der Waals surface area contributed by atoms with Crippen molar-refractivity contribution < 1.29 is 0 Å². The molecule has 2 unspecified atom stereocenters. The highest BCUT2D eigenvalue weighted by Crippen LogP contribution is 2.23. The van der Waals surface area contributed by atoms with E-state index in [1.807, 2.05) is 0 Å². The zero-order valence-corrected chi connectivity index (χ0v) is 14.1. The lowest BCUT2D eigenvalue weighted by atomic mass is 9.91. The SMILES string of the molecule is CCCNCCc1ccccc1CN1CC(C)CC(C)C1. The second kappa shape index (κ2) is 8.55. The Morgan fingerprint density at radius 3 is 2.38 bits per heavy atom. The lowest BCUT2D eigenvalue weighted by molar-refractivity contribution is 0.134. The van der Waals surface area contributed by atoms with Crippen LogP contribution in [0, 0.1) is 11.8 Å². The molecule has 0 aromatic heterocycles. The van der Waals surface area contributed by atoms with Crippen LogP contribution in [0.25, 0.3) is 0 Å². The molecule has 1 aromatic carbocycles. The zero-order chi connectivity index (χ0) is 15.1. The van der Waals surface area contributed by atoms with Crippen molar-refractivity contribution in [1.82, 2.24) is 10.2 Å².